The summed E-state index contributed by atoms with van der Waals surface area (Å²) in [4.78, 5) is 10.3. The zero-order chi connectivity index (χ0) is 10.6. The number of rotatable bonds is 4. The number of halogens is 1. The maximum Gasteiger partial charge on any atom is 0.303 e. The first-order valence-electron chi connectivity index (χ1n) is 4.15. The van der Waals surface area contributed by atoms with Gasteiger partial charge in [0, 0.05) is 10.7 Å². The fraction of sp³-hybridized carbons (Fsp3) is 0.200. The minimum atomic E-state index is -0.892. The molecule has 0 radical (unpaired) electrons. The molecule has 2 N–H and O–H groups in total. The molecule has 0 amide bonds. The molecule has 0 bridgehead atoms. The summed E-state index contributed by atoms with van der Waals surface area (Å²) in [5, 5.41) is 16.6. The normalized spacial score (nSPS) is 9.79. The Balaban J connectivity index is 2.65. The highest BCUT2D eigenvalue weighted by Gasteiger charge is 2.04. The van der Waals surface area contributed by atoms with Crippen molar-refractivity contribution in [2.24, 2.45) is 0 Å². The smallest absolute Gasteiger partial charge is 0.303 e. The average molecular weight is 212 g/mol. The van der Waals surface area contributed by atoms with Crippen LogP contribution in [0.3, 0.4) is 0 Å². The van der Waals surface area contributed by atoms with E-state index in [4.69, 9.17) is 22.1 Å². The van der Waals surface area contributed by atoms with Crippen LogP contribution in [-0.2, 0) is 4.79 Å². The molecular formula is C10H10ClNO2. The molecule has 0 aliphatic carbocycles. The van der Waals surface area contributed by atoms with Crippen LogP contribution in [0.2, 0.25) is 5.02 Å². The maximum absolute atomic E-state index is 10.3. The number of carboxylic acids is 1. The summed E-state index contributed by atoms with van der Waals surface area (Å²) in [6, 6.07) is 6.87. The fourth-order valence-corrected chi connectivity index (χ4v) is 1.24. The highest BCUT2D eigenvalue weighted by molar-refractivity contribution is 6.31. The molecule has 3 nitrogen and oxygen atoms in total. The van der Waals surface area contributed by atoms with Crippen molar-refractivity contribution in [2.45, 2.75) is 12.8 Å². The second-order valence-corrected chi connectivity index (χ2v) is 3.32. The molecule has 0 spiro atoms. The fourth-order valence-electron chi connectivity index (χ4n) is 1.05. The van der Waals surface area contributed by atoms with Crippen LogP contribution in [0.4, 0.5) is 0 Å². The topological polar surface area (TPSA) is 61.2 Å². The first kappa shape index (κ1) is 10.7. The van der Waals surface area contributed by atoms with Gasteiger partial charge < -0.3 is 10.5 Å². The lowest BCUT2D eigenvalue weighted by Gasteiger charge is -2.02. The van der Waals surface area contributed by atoms with Crippen molar-refractivity contribution in [3.8, 4) is 0 Å². The standard InChI is InChI=1S/C10H10ClNO2/c11-8-3-1-2-7(6-8)9(12)4-5-10(13)14/h1-3,6,12H,4-5H2,(H,13,14). The first-order valence-corrected chi connectivity index (χ1v) is 4.52. The second-order valence-electron chi connectivity index (χ2n) is 2.88. The third-order valence-electron chi connectivity index (χ3n) is 1.76. The van der Waals surface area contributed by atoms with Gasteiger partial charge in [-0.2, -0.15) is 0 Å². The van der Waals surface area contributed by atoms with E-state index in [1.54, 1.807) is 24.3 Å². The van der Waals surface area contributed by atoms with Gasteiger partial charge in [0.2, 0.25) is 0 Å². The summed E-state index contributed by atoms with van der Waals surface area (Å²) in [5.74, 6) is -0.892. The minimum absolute atomic E-state index is 0.0225. The SMILES string of the molecule is N=C(CCC(=O)O)c1cccc(Cl)c1. The predicted molar refractivity (Wildman–Crippen MR) is 55.2 cm³/mol. The van der Waals surface area contributed by atoms with E-state index < -0.39 is 5.97 Å². The molecule has 74 valence electrons. The Morgan fingerprint density at radius 1 is 1.43 bits per heavy atom. The van der Waals surface area contributed by atoms with Gasteiger partial charge in [0.05, 0.1) is 6.42 Å². The molecule has 14 heavy (non-hydrogen) atoms. The van der Waals surface area contributed by atoms with Gasteiger partial charge in [-0.25, -0.2) is 0 Å². The highest BCUT2D eigenvalue weighted by Crippen LogP contribution is 2.12. The molecule has 0 unspecified atom stereocenters. The van der Waals surface area contributed by atoms with E-state index in [9.17, 15) is 4.79 Å². The van der Waals surface area contributed by atoms with Crippen molar-refractivity contribution in [1.29, 1.82) is 5.41 Å². The van der Waals surface area contributed by atoms with Gasteiger partial charge >= 0.3 is 5.97 Å². The van der Waals surface area contributed by atoms with E-state index >= 15 is 0 Å². The van der Waals surface area contributed by atoms with E-state index in [2.05, 4.69) is 0 Å². The van der Waals surface area contributed by atoms with Crippen molar-refractivity contribution in [3.05, 3.63) is 34.9 Å². The lowest BCUT2D eigenvalue weighted by Crippen LogP contribution is -2.03. The summed E-state index contributed by atoms with van der Waals surface area (Å²) < 4.78 is 0. The van der Waals surface area contributed by atoms with Crippen molar-refractivity contribution >= 4 is 23.3 Å². The summed E-state index contributed by atoms with van der Waals surface area (Å²) in [6.07, 6.45) is 0.209. The zero-order valence-electron chi connectivity index (χ0n) is 7.46. The van der Waals surface area contributed by atoms with E-state index in [0.29, 0.717) is 16.3 Å². The molecule has 0 fully saturated rings. The Morgan fingerprint density at radius 3 is 2.71 bits per heavy atom. The number of carbonyl (C=O) groups is 1. The Hall–Kier alpha value is -1.35. The van der Waals surface area contributed by atoms with Crippen LogP contribution in [0.5, 0.6) is 0 Å². The van der Waals surface area contributed by atoms with E-state index in [0.717, 1.165) is 0 Å². The van der Waals surface area contributed by atoms with E-state index in [1.807, 2.05) is 0 Å². The van der Waals surface area contributed by atoms with E-state index in [-0.39, 0.29) is 12.8 Å². The monoisotopic (exact) mass is 211 g/mol. The number of nitrogens with one attached hydrogen (secondary N) is 1. The van der Waals surface area contributed by atoms with Gasteiger partial charge in [-0.3, -0.25) is 4.79 Å². The highest BCUT2D eigenvalue weighted by atomic mass is 35.5. The lowest BCUT2D eigenvalue weighted by molar-refractivity contribution is -0.136. The van der Waals surface area contributed by atoms with Crippen molar-refractivity contribution < 1.29 is 9.90 Å². The number of aliphatic carboxylic acids is 1. The molecule has 0 atom stereocenters. The minimum Gasteiger partial charge on any atom is -0.481 e. The maximum atomic E-state index is 10.3. The third-order valence-corrected chi connectivity index (χ3v) is 2.00. The molecule has 0 aliphatic rings. The molecule has 0 saturated carbocycles. The Morgan fingerprint density at radius 2 is 2.14 bits per heavy atom. The molecule has 4 heteroatoms. The Labute approximate surface area is 86.8 Å². The average Bonchev–Trinajstić information content (AvgIpc) is 2.14. The molecule has 0 heterocycles. The van der Waals surface area contributed by atoms with Crippen LogP contribution >= 0.6 is 11.6 Å². The zero-order valence-corrected chi connectivity index (χ0v) is 8.21. The van der Waals surface area contributed by atoms with Crippen LogP contribution < -0.4 is 0 Å². The molecule has 1 aromatic rings. The van der Waals surface area contributed by atoms with Crippen LogP contribution in [0.15, 0.2) is 24.3 Å². The number of hydrogen-bond acceptors (Lipinski definition) is 2. The van der Waals surface area contributed by atoms with Gasteiger partial charge in [-0.15, -0.1) is 0 Å². The van der Waals surface area contributed by atoms with Crippen LogP contribution in [-0.4, -0.2) is 16.8 Å². The molecule has 0 aliphatic heterocycles. The predicted octanol–water partition coefficient (Wildman–Crippen LogP) is 2.57. The van der Waals surface area contributed by atoms with Gasteiger partial charge in [0.15, 0.2) is 0 Å². The summed E-state index contributed by atoms with van der Waals surface area (Å²) >= 11 is 5.74. The largest absolute Gasteiger partial charge is 0.481 e. The summed E-state index contributed by atoms with van der Waals surface area (Å²) in [7, 11) is 0. The quantitative estimate of drug-likeness (QED) is 0.752. The molecule has 0 aromatic heterocycles. The Bertz CT molecular complexity index is 363. The van der Waals surface area contributed by atoms with Crippen LogP contribution in [0.1, 0.15) is 18.4 Å². The first-order chi connectivity index (χ1) is 6.59. The number of carboxylic acid groups (broad SMARTS) is 1. The van der Waals surface area contributed by atoms with Crippen LogP contribution in [0, 0.1) is 5.41 Å². The number of benzene rings is 1. The lowest BCUT2D eigenvalue weighted by atomic mass is 10.1. The third kappa shape index (κ3) is 3.18. The molecule has 1 aromatic carbocycles. The van der Waals surface area contributed by atoms with Gasteiger partial charge in [0.25, 0.3) is 0 Å². The van der Waals surface area contributed by atoms with Crippen molar-refractivity contribution in [2.75, 3.05) is 0 Å². The summed E-state index contributed by atoms with van der Waals surface area (Å²) in [6.45, 7) is 0. The van der Waals surface area contributed by atoms with Crippen molar-refractivity contribution in [3.63, 3.8) is 0 Å². The van der Waals surface area contributed by atoms with Gasteiger partial charge in [0.1, 0.15) is 0 Å². The summed E-state index contributed by atoms with van der Waals surface area (Å²) in [5.41, 5.74) is 0.980. The van der Waals surface area contributed by atoms with E-state index in [1.165, 1.54) is 0 Å². The van der Waals surface area contributed by atoms with Gasteiger partial charge in [-0.05, 0) is 24.1 Å². The van der Waals surface area contributed by atoms with Gasteiger partial charge in [-0.1, -0.05) is 23.7 Å². The second kappa shape index (κ2) is 4.77. The number of hydrogen-bond donors (Lipinski definition) is 2. The molecular weight excluding hydrogens is 202 g/mol. The van der Waals surface area contributed by atoms with Crippen LogP contribution in [0.25, 0.3) is 0 Å². The van der Waals surface area contributed by atoms with Crippen molar-refractivity contribution in [1.82, 2.24) is 0 Å². The molecule has 1 rings (SSSR count). The Kier molecular flexibility index (Phi) is 3.65. The molecule has 0 saturated heterocycles.